The number of carbonyl (C=O) groups is 2. The van der Waals surface area contributed by atoms with Crippen LogP contribution < -0.4 is 0 Å². The molecule has 0 aliphatic carbocycles. The molecule has 5 heteroatoms. The minimum absolute atomic E-state index is 0.0202. The van der Waals surface area contributed by atoms with Crippen LogP contribution in [0.5, 0.6) is 0 Å². The number of piperidine rings is 1. The summed E-state index contributed by atoms with van der Waals surface area (Å²) in [6, 6.07) is 0. The van der Waals surface area contributed by atoms with E-state index < -0.39 is 11.9 Å². The molecule has 74 valence electrons. The number of hydrogen-bond donors (Lipinski definition) is 2. The van der Waals surface area contributed by atoms with Gasteiger partial charge in [0.15, 0.2) is 0 Å². The van der Waals surface area contributed by atoms with Crippen LogP contribution in [-0.4, -0.2) is 46.7 Å². The first-order valence-electron chi connectivity index (χ1n) is 4.26. The summed E-state index contributed by atoms with van der Waals surface area (Å²) < 4.78 is 0. The molecule has 1 aliphatic rings. The van der Waals surface area contributed by atoms with Crippen LogP contribution in [0.1, 0.15) is 12.8 Å². The van der Waals surface area contributed by atoms with Crippen molar-refractivity contribution in [1.29, 1.82) is 0 Å². The number of hydrogen-bond acceptors (Lipinski definition) is 3. The van der Waals surface area contributed by atoms with Crippen molar-refractivity contribution in [3.63, 3.8) is 0 Å². The normalized spacial score (nSPS) is 20.0. The molecule has 1 fully saturated rings. The number of carboxylic acid groups (broad SMARTS) is 2. The second-order valence-electron chi connectivity index (χ2n) is 3.28. The fourth-order valence-corrected chi connectivity index (χ4v) is 1.53. The minimum atomic E-state index is -0.853. The molecule has 2 N–H and O–H groups in total. The van der Waals surface area contributed by atoms with E-state index >= 15 is 0 Å². The summed E-state index contributed by atoms with van der Waals surface area (Å²) in [5, 5.41) is 17.2. The maximum Gasteiger partial charge on any atom is 0.317 e. The molecule has 0 unspecified atom stereocenters. The zero-order valence-corrected chi connectivity index (χ0v) is 7.27. The van der Waals surface area contributed by atoms with Crippen molar-refractivity contribution in [2.75, 3.05) is 19.6 Å². The average molecular weight is 187 g/mol. The maximum absolute atomic E-state index is 10.5. The summed E-state index contributed by atoms with van der Waals surface area (Å²) in [5.74, 6) is -1.91. The van der Waals surface area contributed by atoms with Crippen molar-refractivity contribution in [1.82, 2.24) is 4.90 Å². The van der Waals surface area contributed by atoms with Gasteiger partial charge in [-0.3, -0.25) is 14.5 Å². The van der Waals surface area contributed by atoms with Crippen LogP contribution in [0.3, 0.4) is 0 Å². The van der Waals surface area contributed by atoms with Crippen LogP contribution in [0.2, 0.25) is 0 Å². The van der Waals surface area contributed by atoms with Gasteiger partial charge in [0, 0.05) is 0 Å². The molecule has 0 radical (unpaired) electrons. The summed E-state index contributed by atoms with van der Waals surface area (Å²) in [7, 11) is 0. The summed E-state index contributed by atoms with van der Waals surface area (Å²) in [6.07, 6.45) is 1.12. The fraction of sp³-hybridized carbons (Fsp3) is 0.750. The van der Waals surface area contributed by atoms with Crippen molar-refractivity contribution in [2.45, 2.75) is 12.8 Å². The molecular formula is C8H13NO4. The third-order valence-electron chi connectivity index (χ3n) is 2.30. The molecule has 0 aromatic rings. The van der Waals surface area contributed by atoms with E-state index in [1.165, 1.54) is 0 Å². The molecule has 0 spiro atoms. The first kappa shape index (κ1) is 9.98. The van der Waals surface area contributed by atoms with E-state index in [-0.39, 0.29) is 12.5 Å². The molecule has 1 aliphatic heterocycles. The molecule has 13 heavy (non-hydrogen) atoms. The Balaban J connectivity index is 2.30. The predicted molar refractivity (Wildman–Crippen MR) is 44.4 cm³/mol. The SMILES string of the molecule is O=C(O)CN1CCC(C(=O)O)CC1. The third kappa shape index (κ3) is 3.02. The van der Waals surface area contributed by atoms with Gasteiger partial charge in [-0.15, -0.1) is 0 Å². The van der Waals surface area contributed by atoms with E-state index in [0.717, 1.165) is 0 Å². The van der Waals surface area contributed by atoms with Crippen molar-refractivity contribution in [3.8, 4) is 0 Å². The second-order valence-corrected chi connectivity index (χ2v) is 3.28. The van der Waals surface area contributed by atoms with E-state index in [2.05, 4.69) is 0 Å². The highest BCUT2D eigenvalue weighted by Crippen LogP contribution is 2.16. The number of nitrogens with zero attached hydrogens (tertiary/aromatic N) is 1. The second kappa shape index (κ2) is 4.23. The number of aliphatic carboxylic acids is 2. The molecule has 0 bridgehead atoms. The van der Waals surface area contributed by atoms with Crippen LogP contribution in [0.15, 0.2) is 0 Å². The van der Waals surface area contributed by atoms with Crippen LogP contribution in [0.4, 0.5) is 0 Å². The van der Waals surface area contributed by atoms with Crippen molar-refractivity contribution < 1.29 is 19.8 Å². The standard InChI is InChI=1S/C8H13NO4/c10-7(11)5-9-3-1-6(2-4-9)8(12)13/h6H,1-5H2,(H,10,11)(H,12,13). The largest absolute Gasteiger partial charge is 0.481 e. The zero-order chi connectivity index (χ0) is 9.84. The van der Waals surface area contributed by atoms with Gasteiger partial charge in [-0.05, 0) is 25.9 Å². The molecule has 1 saturated heterocycles. The van der Waals surface area contributed by atoms with Gasteiger partial charge < -0.3 is 10.2 Å². The molecule has 1 rings (SSSR count). The average Bonchev–Trinajstić information content (AvgIpc) is 2.04. The molecular weight excluding hydrogens is 174 g/mol. The van der Waals surface area contributed by atoms with Gasteiger partial charge in [0.25, 0.3) is 0 Å². The van der Waals surface area contributed by atoms with Gasteiger partial charge in [-0.2, -0.15) is 0 Å². The Morgan fingerprint density at radius 2 is 1.77 bits per heavy atom. The summed E-state index contributed by atoms with van der Waals surface area (Å²) in [4.78, 5) is 22.6. The maximum atomic E-state index is 10.5. The van der Waals surface area contributed by atoms with Gasteiger partial charge in [0.1, 0.15) is 0 Å². The lowest BCUT2D eigenvalue weighted by molar-refractivity contribution is -0.143. The van der Waals surface area contributed by atoms with Crippen LogP contribution >= 0.6 is 0 Å². The van der Waals surface area contributed by atoms with E-state index in [0.29, 0.717) is 25.9 Å². The monoisotopic (exact) mass is 187 g/mol. The lowest BCUT2D eigenvalue weighted by atomic mass is 9.97. The van der Waals surface area contributed by atoms with Crippen LogP contribution in [0, 0.1) is 5.92 Å². The number of rotatable bonds is 3. The summed E-state index contributed by atoms with van der Waals surface area (Å²) >= 11 is 0. The molecule has 0 saturated carbocycles. The predicted octanol–water partition coefficient (Wildman–Crippen LogP) is -0.132. The molecule has 0 aromatic carbocycles. The summed E-state index contributed by atoms with van der Waals surface area (Å²) in [5.41, 5.74) is 0. The molecule has 1 heterocycles. The zero-order valence-electron chi connectivity index (χ0n) is 7.27. The van der Waals surface area contributed by atoms with Gasteiger partial charge in [0.2, 0.25) is 0 Å². The van der Waals surface area contributed by atoms with Gasteiger partial charge in [0.05, 0.1) is 12.5 Å². The molecule has 0 aromatic heterocycles. The molecule has 0 amide bonds. The van der Waals surface area contributed by atoms with Crippen LogP contribution in [-0.2, 0) is 9.59 Å². The van der Waals surface area contributed by atoms with Crippen molar-refractivity contribution in [2.24, 2.45) is 5.92 Å². The van der Waals surface area contributed by atoms with Crippen LogP contribution in [0.25, 0.3) is 0 Å². The fourth-order valence-electron chi connectivity index (χ4n) is 1.53. The Kier molecular flexibility index (Phi) is 3.25. The minimum Gasteiger partial charge on any atom is -0.481 e. The Labute approximate surface area is 76.0 Å². The van der Waals surface area contributed by atoms with Crippen molar-refractivity contribution >= 4 is 11.9 Å². The van der Waals surface area contributed by atoms with Gasteiger partial charge >= 0.3 is 11.9 Å². The number of likely N-dealkylation sites (tertiary alicyclic amines) is 1. The first-order chi connectivity index (χ1) is 6.09. The van der Waals surface area contributed by atoms with E-state index in [1.807, 2.05) is 0 Å². The summed E-state index contributed by atoms with van der Waals surface area (Å²) in [6.45, 7) is 1.17. The smallest absolute Gasteiger partial charge is 0.317 e. The van der Waals surface area contributed by atoms with E-state index in [9.17, 15) is 9.59 Å². The van der Waals surface area contributed by atoms with Gasteiger partial charge in [-0.25, -0.2) is 0 Å². The topological polar surface area (TPSA) is 77.8 Å². The third-order valence-corrected chi connectivity index (χ3v) is 2.30. The van der Waals surface area contributed by atoms with E-state index in [1.54, 1.807) is 4.90 Å². The Morgan fingerprint density at radius 1 is 1.23 bits per heavy atom. The quantitative estimate of drug-likeness (QED) is 0.643. The molecule has 5 nitrogen and oxygen atoms in total. The van der Waals surface area contributed by atoms with Gasteiger partial charge in [-0.1, -0.05) is 0 Å². The Bertz CT molecular complexity index is 208. The highest BCUT2D eigenvalue weighted by molar-refractivity contribution is 5.70. The highest BCUT2D eigenvalue weighted by Gasteiger charge is 2.24. The van der Waals surface area contributed by atoms with E-state index in [4.69, 9.17) is 10.2 Å². The number of carboxylic acids is 2. The Hall–Kier alpha value is -1.10. The Morgan fingerprint density at radius 3 is 2.15 bits per heavy atom. The first-order valence-corrected chi connectivity index (χ1v) is 4.26. The lowest BCUT2D eigenvalue weighted by Crippen LogP contribution is -2.39. The lowest BCUT2D eigenvalue weighted by Gasteiger charge is -2.28. The van der Waals surface area contributed by atoms with Crippen molar-refractivity contribution in [3.05, 3.63) is 0 Å². The molecule has 0 atom stereocenters. The highest BCUT2D eigenvalue weighted by atomic mass is 16.4.